The number of aromatic carboxylic acids is 1. The topological polar surface area (TPSA) is 63.3 Å². The first kappa shape index (κ1) is 10.1. The minimum Gasteiger partial charge on any atom is -0.477 e. The molecule has 0 saturated heterocycles. The maximum atomic E-state index is 10.8. The number of carboxylic acids is 1. The quantitative estimate of drug-likeness (QED) is 0.761. The van der Waals surface area contributed by atoms with Gasteiger partial charge in [-0.1, -0.05) is 37.5 Å². The van der Waals surface area contributed by atoms with Gasteiger partial charge in [-0.3, -0.25) is 0 Å². The van der Waals surface area contributed by atoms with Crippen molar-refractivity contribution in [2.45, 2.75) is 26.2 Å². The van der Waals surface area contributed by atoms with Crippen molar-refractivity contribution in [3.05, 3.63) is 16.5 Å². The molecule has 0 atom stereocenters. The average molecular weight is 204 g/mol. The molecule has 0 aliphatic heterocycles. The van der Waals surface area contributed by atoms with Gasteiger partial charge >= 0.3 is 5.97 Å². The second kappa shape index (κ2) is 3.03. The van der Waals surface area contributed by atoms with Crippen molar-refractivity contribution < 1.29 is 14.4 Å². The van der Waals surface area contributed by atoms with Crippen molar-refractivity contribution in [2.24, 2.45) is 0 Å². The summed E-state index contributed by atoms with van der Waals surface area (Å²) >= 11 is 5.56. The molecule has 4 nitrogen and oxygen atoms in total. The van der Waals surface area contributed by atoms with Crippen LogP contribution in [0.5, 0.6) is 0 Å². The van der Waals surface area contributed by atoms with Crippen molar-refractivity contribution in [1.82, 2.24) is 5.16 Å². The Morgan fingerprint density at radius 3 is 2.38 bits per heavy atom. The van der Waals surface area contributed by atoms with Gasteiger partial charge in [-0.25, -0.2) is 4.79 Å². The monoisotopic (exact) mass is 203 g/mol. The van der Waals surface area contributed by atoms with E-state index >= 15 is 0 Å². The fraction of sp³-hybridized carbons (Fsp3) is 0.500. The highest BCUT2D eigenvalue weighted by molar-refractivity contribution is 6.32. The van der Waals surface area contributed by atoms with E-state index in [0.717, 1.165) is 0 Å². The van der Waals surface area contributed by atoms with Gasteiger partial charge in [0.15, 0.2) is 10.9 Å². The summed E-state index contributed by atoms with van der Waals surface area (Å²) in [6.45, 7) is 5.49. The largest absolute Gasteiger partial charge is 0.477 e. The maximum Gasteiger partial charge on any atom is 0.342 e. The van der Waals surface area contributed by atoms with Gasteiger partial charge in [0, 0.05) is 5.41 Å². The molecule has 5 heteroatoms. The van der Waals surface area contributed by atoms with Crippen LogP contribution >= 0.6 is 11.6 Å². The summed E-state index contributed by atoms with van der Waals surface area (Å²) in [6, 6.07) is 0. The van der Waals surface area contributed by atoms with Crippen LogP contribution in [0.1, 0.15) is 36.9 Å². The molecule has 0 radical (unpaired) electrons. The summed E-state index contributed by atoms with van der Waals surface area (Å²) in [5, 5.41) is 12.1. The van der Waals surface area contributed by atoms with Crippen LogP contribution in [-0.4, -0.2) is 16.2 Å². The number of carboxylic acid groups (broad SMARTS) is 1. The second-order valence-corrected chi connectivity index (χ2v) is 4.09. The lowest BCUT2D eigenvalue weighted by molar-refractivity contribution is 0.0692. The fourth-order valence-electron chi connectivity index (χ4n) is 0.968. The van der Waals surface area contributed by atoms with Gasteiger partial charge in [0.05, 0.1) is 0 Å². The van der Waals surface area contributed by atoms with Crippen LogP contribution in [0.4, 0.5) is 0 Å². The highest BCUT2D eigenvalue weighted by atomic mass is 35.5. The third kappa shape index (κ3) is 1.83. The molecule has 0 aliphatic rings. The van der Waals surface area contributed by atoms with E-state index in [1.165, 1.54) is 0 Å². The Labute approximate surface area is 80.5 Å². The van der Waals surface area contributed by atoms with E-state index in [1.807, 2.05) is 20.8 Å². The van der Waals surface area contributed by atoms with Crippen LogP contribution in [0.15, 0.2) is 4.52 Å². The van der Waals surface area contributed by atoms with Crippen LogP contribution < -0.4 is 0 Å². The predicted molar refractivity (Wildman–Crippen MR) is 47.2 cm³/mol. The molecule has 1 aromatic heterocycles. The molecule has 0 amide bonds. The van der Waals surface area contributed by atoms with Crippen molar-refractivity contribution in [2.75, 3.05) is 0 Å². The van der Waals surface area contributed by atoms with Crippen molar-refractivity contribution in [1.29, 1.82) is 0 Å². The lowest BCUT2D eigenvalue weighted by Gasteiger charge is -2.14. The summed E-state index contributed by atoms with van der Waals surface area (Å²) in [6.07, 6.45) is 0. The smallest absolute Gasteiger partial charge is 0.342 e. The third-order valence-corrected chi connectivity index (χ3v) is 1.80. The molecular weight excluding hydrogens is 194 g/mol. The minimum atomic E-state index is -1.11. The molecule has 0 saturated carbocycles. The number of halogens is 1. The first-order valence-corrected chi connectivity index (χ1v) is 4.10. The highest BCUT2D eigenvalue weighted by Gasteiger charge is 2.29. The van der Waals surface area contributed by atoms with Crippen LogP contribution in [0.3, 0.4) is 0 Å². The van der Waals surface area contributed by atoms with E-state index < -0.39 is 11.4 Å². The molecule has 1 aromatic rings. The number of rotatable bonds is 1. The summed E-state index contributed by atoms with van der Waals surface area (Å²) < 4.78 is 4.86. The molecular formula is C8H10ClNO3. The Morgan fingerprint density at radius 1 is 1.54 bits per heavy atom. The average Bonchev–Trinajstić information content (AvgIpc) is 2.28. The Bertz CT molecular complexity index is 338. The van der Waals surface area contributed by atoms with E-state index in [4.69, 9.17) is 21.2 Å². The Kier molecular flexibility index (Phi) is 2.34. The standard InChI is InChI=1S/C8H10ClNO3/c1-8(2,3)5-4(7(11)12)6(9)10-13-5/h1-3H3,(H,11,12). The van der Waals surface area contributed by atoms with Crippen LogP contribution in [0.25, 0.3) is 0 Å². The molecule has 0 aromatic carbocycles. The van der Waals surface area contributed by atoms with E-state index in [0.29, 0.717) is 5.76 Å². The summed E-state index contributed by atoms with van der Waals surface area (Å²) in [5.41, 5.74) is -0.456. The molecule has 13 heavy (non-hydrogen) atoms. The Balaban J connectivity index is 3.31. The van der Waals surface area contributed by atoms with Crippen molar-refractivity contribution in [3.8, 4) is 0 Å². The van der Waals surface area contributed by atoms with Crippen molar-refractivity contribution >= 4 is 17.6 Å². The first-order chi connectivity index (χ1) is 5.84. The van der Waals surface area contributed by atoms with E-state index in [9.17, 15) is 4.79 Å². The molecule has 72 valence electrons. The SMILES string of the molecule is CC(C)(C)c1onc(Cl)c1C(=O)O. The van der Waals surface area contributed by atoms with Crippen LogP contribution in [-0.2, 0) is 5.41 Å². The van der Waals surface area contributed by atoms with Gasteiger partial charge in [0.25, 0.3) is 0 Å². The van der Waals surface area contributed by atoms with Gasteiger partial charge in [0.1, 0.15) is 5.56 Å². The summed E-state index contributed by atoms with van der Waals surface area (Å²) in [7, 11) is 0. The Hall–Kier alpha value is -1.03. The predicted octanol–water partition coefficient (Wildman–Crippen LogP) is 2.32. The molecule has 0 spiro atoms. The summed E-state index contributed by atoms with van der Waals surface area (Å²) in [4.78, 5) is 10.8. The van der Waals surface area contributed by atoms with Gasteiger partial charge in [0.2, 0.25) is 0 Å². The number of hydrogen-bond acceptors (Lipinski definition) is 3. The minimum absolute atomic E-state index is 0.0471. The molecule has 0 unspecified atom stereocenters. The molecule has 0 fully saturated rings. The van der Waals surface area contributed by atoms with Gasteiger partial charge in [-0.2, -0.15) is 0 Å². The van der Waals surface area contributed by atoms with Gasteiger partial charge in [-0.05, 0) is 0 Å². The lowest BCUT2D eigenvalue weighted by atomic mass is 9.90. The lowest BCUT2D eigenvalue weighted by Crippen LogP contribution is -2.14. The first-order valence-electron chi connectivity index (χ1n) is 3.73. The van der Waals surface area contributed by atoms with Crippen LogP contribution in [0, 0.1) is 0 Å². The Morgan fingerprint density at radius 2 is 2.08 bits per heavy atom. The van der Waals surface area contributed by atoms with E-state index in [-0.39, 0.29) is 10.7 Å². The third-order valence-electron chi connectivity index (χ3n) is 1.55. The molecule has 1 N–H and O–H groups in total. The molecule has 0 bridgehead atoms. The molecule has 1 heterocycles. The number of aromatic nitrogens is 1. The number of hydrogen-bond donors (Lipinski definition) is 1. The van der Waals surface area contributed by atoms with Gasteiger partial charge in [-0.15, -0.1) is 0 Å². The zero-order valence-electron chi connectivity index (χ0n) is 7.59. The van der Waals surface area contributed by atoms with Crippen LogP contribution in [0.2, 0.25) is 5.15 Å². The van der Waals surface area contributed by atoms with E-state index in [1.54, 1.807) is 0 Å². The number of nitrogens with zero attached hydrogens (tertiary/aromatic N) is 1. The highest BCUT2D eigenvalue weighted by Crippen LogP contribution is 2.29. The molecule has 0 aliphatic carbocycles. The van der Waals surface area contributed by atoms with E-state index in [2.05, 4.69) is 5.16 Å². The van der Waals surface area contributed by atoms with Gasteiger partial charge < -0.3 is 9.63 Å². The van der Waals surface area contributed by atoms with Crippen molar-refractivity contribution in [3.63, 3.8) is 0 Å². The zero-order chi connectivity index (χ0) is 10.2. The molecule has 1 rings (SSSR count). The zero-order valence-corrected chi connectivity index (χ0v) is 8.34. The fourth-order valence-corrected chi connectivity index (χ4v) is 1.17. The summed E-state index contributed by atoms with van der Waals surface area (Å²) in [5.74, 6) is -0.818. The number of carbonyl (C=O) groups is 1. The second-order valence-electron chi connectivity index (χ2n) is 3.73. The normalized spacial score (nSPS) is 11.7. The maximum absolute atomic E-state index is 10.8.